The van der Waals surface area contributed by atoms with Crippen LogP contribution in [0.2, 0.25) is 0 Å². The molecule has 134 valence electrons. The zero-order valence-electron chi connectivity index (χ0n) is 14.1. The van der Waals surface area contributed by atoms with Crippen molar-refractivity contribution < 1.29 is 23.9 Å². The Bertz CT molecular complexity index is 516. The number of likely N-dealkylation sites (N-methyl/N-ethyl adjacent to an activating group) is 1. The first-order chi connectivity index (χ1) is 11.5. The van der Waals surface area contributed by atoms with Crippen LogP contribution < -0.4 is 5.32 Å². The van der Waals surface area contributed by atoms with Crippen molar-refractivity contribution in [1.29, 1.82) is 0 Å². The molecular weight excluding hydrogens is 314 g/mol. The van der Waals surface area contributed by atoms with Crippen molar-refractivity contribution in [2.45, 2.75) is 12.8 Å². The highest BCUT2D eigenvalue weighted by atomic mass is 16.3. The maximum absolute atomic E-state index is 11.9. The molecule has 1 aliphatic heterocycles. The summed E-state index contributed by atoms with van der Waals surface area (Å²) in [4.78, 5) is 35.7. The maximum atomic E-state index is 11.9. The number of carboxylic acid groups (broad SMARTS) is 1. The first-order valence-electron chi connectivity index (χ1n) is 7.78. The van der Waals surface area contributed by atoms with Crippen molar-refractivity contribution in [2.75, 3.05) is 40.3 Å². The van der Waals surface area contributed by atoms with Crippen LogP contribution in [0.4, 0.5) is 0 Å². The van der Waals surface area contributed by atoms with E-state index in [-0.39, 0.29) is 18.3 Å². The fraction of sp³-hybridized carbons (Fsp3) is 0.562. The van der Waals surface area contributed by atoms with Crippen molar-refractivity contribution in [2.24, 2.45) is 5.92 Å². The van der Waals surface area contributed by atoms with E-state index in [9.17, 15) is 9.59 Å². The third-order valence-electron chi connectivity index (χ3n) is 3.80. The average Bonchev–Trinajstić information content (AvgIpc) is 3.08. The number of rotatable bonds is 5. The highest BCUT2D eigenvalue weighted by Crippen LogP contribution is 2.15. The number of carbonyl (C=O) groups excluding carboxylic acids is 2. The fourth-order valence-corrected chi connectivity index (χ4v) is 2.53. The highest BCUT2D eigenvalue weighted by molar-refractivity contribution is 5.93. The second-order valence-electron chi connectivity index (χ2n) is 5.86. The quantitative estimate of drug-likeness (QED) is 0.758. The molecule has 0 radical (unpaired) electrons. The lowest BCUT2D eigenvalue weighted by atomic mass is 9.98. The second-order valence-corrected chi connectivity index (χ2v) is 5.86. The average molecular weight is 339 g/mol. The van der Waals surface area contributed by atoms with E-state index >= 15 is 0 Å². The van der Waals surface area contributed by atoms with Gasteiger partial charge < -0.3 is 19.7 Å². The molecule has 2 heterocycles. The van der Waals surface area contributed by atoms with Crippen LogP contribution in [0.3, 0.4) is 0 Å². The smallest absolute Gasteiger partial charge is 0.290 e. The van der Waals surface area contributed by atoms with E-state index in [1.54, 1.807) is 25.1 Å². The number of hydrogen-bond acceptors (Lipinski definition) is 5. The van der Waals surface area contributed by atoms with Gasteiger partial charge in [-0.25, -0.2) is 0 Å². The summed E-state index contributed by atoms with van der Waals surface area (Å²) in [6.07, 6.45) is 5.08. The molecule has 2 N–H and O–H groups in total. The summed E-state index contributed by atoms with van der Waals surface area (Å²) in [7, 11) is 3.55. The second kappa shape index (κ2) is 10.4. The summed E-state index contributed by atoms with van der Waals surface area (Å²) in [5, 5.41) is 9.82. The summed E-state index contributed by atoms with van der Waals surface area (Å²) < 4.78 is 4.90. The number of amides is 2. The van der Waals surface area contributed by atoms with Crippen LogP contribution in [0.25, 0.3) is 0 Å². The Morgan fingerprint density at radius 2 is 2.21 bits per heavy atom. The van der Waals surface area contributed by atoms with E-state index in [2.05, 4.69) is 10.2 Å². The monoisotopic (exact) mass is 339 g/mol. The molecule has 1 fully saturated rings. The van der Waals surface area contributed by atoms with Crippen LogP contribution in [-0.2, 0) is 9.59 Å². The number of nitrogens with zero attached hydrogens (tertiary/aromatic N) is 2. The van der Waals surface area contributed by atoms with E-state index in [0.717, 1.165) is 25.9 Å². The number of hydrogen-bond donors (Lipinski definition) is 2. The first-order valence-corrected chi connectivity index (χ1v) is 7.78. The van der Waals surface area contributed by atoms with E-state index in [0.29, 0.717) is 24.6 Å². The van der Waals surface area contributed by atoms with Gasteiger partial charge in [0, 0.05) is 27.2 Å². The Labute approximate surface area is 141 Å². The Morgan fingerprint density at radius 1 is 1.50 bits per heavy atom. The molecule has 0 aliphatic carbocycles. The van der Waals surface area contributed by atoms with E-state index in [1.165, 1.54) is 12.5 Å². The van der Waals surface area contributed by atoms with Crippen LogP contribution in [-0.4, -0.2) is 73.5 Å². The van der Waals surface area contributed by atoms with E-state index < -0.39 is 0 Å². The largest absolute Gasteiger partial charge is 0.483 e. The van der Waals surface area contributed by atoms with Gasteiger partial charge in [0.05, 0.1) is 18.4 Å². The predicted octanol–water partition coefficient (Wildman–Crippen LogP) is 0.510. The summed E-state index contributed by atoms with van der Waals surface area (Å²) in [6, 6.07) is 1.65. The van der Waals surface area contributed by atoms with Gasteiger partial charge in [0.1, 0.15) is 6.26 Å². The minimum Gasteiger partial charge on any atom is -0.483 e. The Morgan fingerprint density at radius 3 is 2.79 bits per heavy atom. The molecule has 24 heavy (non-hydrogen) atoms. The summed E-state index contributed by atoms with van der Waals surface area (Å²) >= 11 is 0. The molecule has 1 saturated heterocycles. The number of carbonyl (C=O) groups is 3. The minimum absolute atomic E-state index is 0.106. The van der Waals surface area contributed by atoms with E-state index in [4.69, 9.17) is 14.3 Å². The molecule has 0 saturated carbocycles. The number of piperidine rings is 1. The van der Waals surface area contributed by atoms with Crippen LogP contribution >= 0.6 is 0 Å². The number of furan rings is 1. The van der Waals surface area contributed by atoms with Gasteiger partial charge in [-0.3, -0.25) is 19.3 Å². The molecule has 1 aromatic rings. The topological polar surface area (TPSA) is 103 Å². The minimum atomic E-state index is -0.250. The molecule has 2 rings (SSSR count). The highest BCUT2D eigenvalue weighted by Gasteiger charge is 2.22. The lowest BCUT2D eigenvalue weighted by molar-refractivity contribution is -0.130. The molecule has 2 amide bonds. The van der Waals surface area contributed by atoms with Gasteiger partial charge in [-0.05, 0) is 31.4 Å². The van der Waals surface area contributed by atoms with Crippen molar-refractivity contribution in [3.05, 3.63) is 24.2 Å². The Balaban J connectivity index is 0.000000891. The summed E-state index contributed by atoms with van der Waals surface area (Å²) in [5.41, 5.74) is 0.547. The maximum Gasteiger partial charge on any atom is 0.290 e. The lowest BCUT2D eigenvalue weighted by Crippen LogP contribution is -2.44. The molecule has 1 atom stereocenters. The normalized spacial score (nSPS) is 17.3. The molecular formula is C16H25N3O5. The van der Waals surface area contributed by atoms with Gasteiger partial charge in [-0.1, -0.05) is 0 Å². The van der Waals surface area contributed by atoms with Crippen LogP contribution in [0.5, 0.6) is 0 Å². The molecule has 8 heteroatoms. The van der Waals surface area contributed by atoms with Crippen molar-refractivity contribution in [3.63, 3.8) is 0 Å². The summed E-state index contributed by atoms with van der Waals surface area (Å²) in [5.74, 6) is 0.410. The third kappa shape index (κ3) is 6.82. The zero-order valence-corrected chi connectivity index (χ0v) is 14.1. The van der Waals surface area contributed by atoms with Gasteiger partial charge in [0.25, 0.3) is 12.4 Å². The van der Waals surface area contributed by atoms with Crippen molar-refractivity contribution in [1.82, 2.24) is 15.1 Å². The van der Waals surface area contributed by atoms with Gasteiger partial charge in [-0.2, -0.15) is 0 Å². The van der Waals surface area contributed by atoms with Crippen LogP contribution in [0.15, 0.2) is 23.0 Å². The molecule has 1 aromatic heterocycles. The molecule has 0 aromatic carbocycles. The van der Waals surface area contributed by atoms with Gasteiger partial charge in [0.2, 0.25) is 5.91 Å². The van der Waals surface area contributed by atoms with Gasteiger partial charge in [-0.15, -0.1) is 0 Å². The molecule has 1 aliphatic rings. The molecule has 1 unspecified atom stereocenters. The fourth-order valence-electron chi connectivity index (χ4n) is 2.53. The number of nitrogens with one attached hydrogen (secondary N) is 1. The standard InChI is InChI=1S/C15H23N3O3.CH2O2/c1-17(2)14(19)10-18-6-3-4-12(9-18)8-16-15(20)13-5-7-21-11-13;2-1-3/h5,7,11-12H,3-4,6,8-10H2,1-2H3,(H,16,20);1H,(H,2,3). The van der Waals surface area contributed by atoms with Crippen LogP contribution in [0, 0.1) is 5.92 Å². The molecule has 0 bridgehead atoms. The zero-order chi connectivity index (χ0) is 17.9. The SMILES string of the molecule is CN(C)C(=O)CN1CCCC(CNC(=O)c2ccoc2)C1.O=CO. The molecule has 0 spiro atoms. The molecule has 8 nitrogen and oxygen atoms in total. The van der Waals surface area contributed by atoms with Crippen molar-refractivity contribution >= 4 is 18.3 Å². The van der Waals surface area contributed by atoms with Gasteiger partial charge in [0.15, 0.2) is 0 Å². The van der Waals surface area contributed by atoms with E-state index in [1.807, 2.05) is 0 Å². The number of likely N-dealkylation sites (tertiary alicyclic amines) is 1. The Kier molecular flexibility index (Phi) is 8.56. The van der Waals surface area contributed by atoms with Crippen LogP contribution in [0.1, 0.15) is 23.2 Å². The lowest BCUT2D eigenvalue weighted by Gasteiger charge is -2.32. The summed E-state index contributed by atoms with van der Waals surface area (Å²) in [6.45, 7) is 2.65. The van der Waals surface area contributed by atoms with Gasteiger partial charge >= 0.3 is 0 Å². The van der Waals surface area contributed by atoms with Crippen molar-refractivity contribution in [3.8, 4) is 0 Å². The third-order valence-corrected chi connectivity index (χ3v) is 3.80. The first kappa shape index (κ1) is 19.7. The predicted molar refractivity (Wildman–Crippen MR) is 87.6 cm³/mol. The Hall–Kier alpha value is -2.35.